The fourth-order valence-corrected chi connectivity index (χ4v) is 4.43. The second-order valence-electron chi connectivity index (χ2n) is 8.60. The standard InChI is InChI=1S/C31H24N4O/c36-31-28(20-23-10-4-1-5-11-23)33-30-21-32-29(22-34(30)31)24-16-18-27(19-17-24)35(25-12-6-2-7-13-25)26-14-8-3-9-15-26/h1-19,21-22,36H,20H2. The molecule has 2 aromatic heterocycles. The van der Waals surface area contributed by atoms with Crippen molar-refractivity contribution in [3.63, 3.8) is 0 Å². The van der Waals surface area contributed by atoms with E-state index in [0.29, 0.717) is 17.8 Å². The molecule has 2 heterocycles. The van der Waals surface area contributed by atoms with Crippen LogP contribution in [0.1, 0.15) is 11.3 Å². The second-order valence-corrected chi connectivity index (χ2v) is 8.60. The third-order valence-electron chi connectivity index (χ3n) is 6.22. The molecule has 0 bridgehead atoms. The SMILES string of the molecule is Oc1c(Cc2ccccc2)nc2cnc(-c3ccc(N(c4ccccc4)c4ccccc4)cc3)cn12. The van der Waals surface area contributed by atoms with Crippen molar-refractivity contribution >= 4 is 22.7 Å². The molecule has 0 fully saturated rings. The van der Waals surface area contributed by atoms with Crippen LogP contribution in [-0.2, 0) is 6.42 Å². The van der Waals surface area contributed by atoms with Crippen LogP contribution in [0.25, 0.3) is 16.9 Å². The van der Waals surface area contributed by atoms with E-state index in [1.54, 1.807) is 10.6 Å². The number of aromatic nitrogens is 3. The van der Waals surface area contributed by atoms with Gasteiger partial charge in [-0.05, 0) is 42.0 Å². The molecule has 1 N–H and O–H groups in total. The minimum atomic E-state index is 0.147. The molecule has 0 amide bonds. The highest BCUT2D eigenvalue weighted by atomic mass is 16.3. The normalized spacial score (nSPS) is 11.0. The summed E-state index contributed by atoms with van der Waals surface area (Å²) in [5, 5.41) is 10.9. The summed E-state index contributed by atoms with van der Waals surface area (Å²) in [6.45, 7) is 0. The van der Waals surface area contributed by atoms with Gasteiger partial charge < -0.3 is 10.0 Å². The first-order valence-electron chi connectivity index (χ1n) is 11.9. The largest absolute Gasteiger partial charge is 0.493 e. The third-order valence-corrected chi connectivity index (χ3v) is 6.22. The smallest absolute Gasteiger partial charge is 0.219 e. The van der Waals surface area contributed by atoms with Crippen LogP contribution in [-0.4, -0.2) is 19.5 Å². The molecule has 6 aromatic rings. The maximum atomic E-state index is 10.9. The van der Waals surface area contributed by atoms with E-state index in [-0.39, 0.29) is 5.88 Å². The molecule has 0 aliphatic rings. The zero-order chi connectivity index (χ0) is 24.3. The molecule has 5 heteroatoms. The molecule has 5 nitrogen and oxygen atoms in total. The number of anilines is 3. The van der Waals surface area contributed by atoms with Crippen LogP contribution in [0.3, 0.4) is 0 Å². The van der Waals surface area contributed by atoms with Crippen LogP contribution >= 0.6 is 0 Å². The number of fused-ring (bicyclic) bond motifs is 1. The van der Waals surface area contributed by atoms with Crippen LogP contribution < -0.4 is 4.90 Å². The molecule has 0 saturated heterocycles. The Morgan fingerprint density at radius 1 is 0.667 bits per heavy atom. The average molecular weight is 469 g/mol. The van der Waals surface area contributed by atoms with Crippen molar-refractivity contribution in [3.05, 3.63) is 139 Å². The number of aromatic hydroxyl groups is 1. The summed E-state index contributed by atoms with van der Waals surface area (Å²) in [6, 6.07) is 38.9. The van der Waals surface area contributed by atoms with Crippen molar-refractivity contribution < 1.29 is 5.11 Å². The van der Waals surface area contributed by atoms with Gasteiger partial charge in [-0.2, -0.15) is 0 Å². The number of para-hydroxylation sites is 2. The molecule has 0 aliphatic heterocycles. The van der Waals surface area contributed by atoms with Crippen LogP contribution in [0.5, 0.6) is 5.88 Å². The number of imidazole rings is 1. The highest BCUT2D eigenvalue weighted by Crippen LogP contribution is 2.35. The van der Waals surface area contributed by atoms with E-state index in [9.17, 15) is 5.11 Å². The molecule has 6 rings (SSSR count). The van der Waals surface area contributed by atoms with Crippen LogP contribution in [0.15, 0.2) is 128 Å². The molecule has 0 spiro atoms. The average Bonchev–Trinajstić information content (AvgIpc) is 3.25. The van der Waals surface area contributed by atoms with Crippen LogP contribution in [0.4, 0.5) is 17.1 Å². The Bertz CT molecular complexity index is 1560. The topological polar surface area (TPSA) is 53.7 Å². The number of benzene rings is 4. The van der Waals surface area contributed by atoms with Gasteiger partial charge in [-0.25, -0.2) is 4.98 Å². The van der Waals surface area contributed by atoms with Gasteiger partial charge in [0.1, 0.15) is 5.69 Å². The summed E-state index contributed by atoms with van der Waals surface area (Å²) in [5.74, 6) is 0.147. The minimum Gasteiger partial charge on any atom is -0.493 e. The Labute approximate surface area is 209 Å². The predicted octanol–water partition coefficient (Wildman–Crippen LogP) is 7.16. The summed E-state index contributed by atoms with van der Waals surface area (Å²) in [6.07, 6.45) is 4.11. The molecule has 0 unspecified atom stereocenters. The molecule has 0 aliphatic carbocycles. The van der Waals surface area contributed by atoms with Crippen molar-refractivity contribution in [2.45, 2.75) is 6.42 Å². The summed E-state index contributed by atoms with van der Waals surface area (Å²) in [7, 11) is 0. The van der Waals surface area contributed by atoms with E-state index in [0.717, 1.165) is 33.9 Å². The lowest BCUT2D eigenvalue weighted by molar-refractivity contribution is 0.442. The summed E-state index contributed by atoms with van der Waals surface area (Å²) in [5.41, 5.74) is 7.30. The first kappa shape index (κ1) is 21.6. The molecule has 4 aromatic carbocycles. The predicted molar refractivity (Wildman–Crippen MR) is 144 cm³/mol. The van der Waals surface area contributed by atoms with Gasteiger partial charge in [-0.15, -0.1) is 0 Å². The molecule has 174 valence electrons. The maximum Gasteiger partial charge on any atom is 0.219 e. The molecular formula is C31H24N4O. The van der Waals surface area contributed by atoms with Gasteiger partial charge >= 0.3 is 0 Å². The Hall–Kier alpha value is -4.90. The summed E-state index contributed by atoms with van der Waals surface area (Å²) >= 11 is 0. The number of hydrogen-bond acceptors (Lipinski definition) is 4. The zero-order valence-corrected chi connectivity index (χ0v) is 19.6. The first-order valence-corrected chi connectivity index (χ1v) is 11.9. The van der Waals surface area contributed by atoms with Crippen LogP contribution in [0.2, 0.25) is 0 Å². The van der Waals surface area contributed by atoms with Gasteiger partial charge in [-0.1, -0.05) is 78.9 Å². The summed E-state index contributed by atoms with van der Waals surface area (Å²) < 4.78 is 1.70. The zero-order valence-electron chi connectivity index (χ0n) is 19.6. The van der Waals surface area contributed by atoms with Crippen molar-refractivity contribution in [1.29, 1.82) is 0 Å². The second kappa shape index (κ2) is 9.39. The lowest BCUT2D eigenvalue weighted by Crippen LogP contribution is -2.09. The number of rotatable bonds is 6. The van der Waals surface area contributed by atoms with Gasteiger partial charge in [0.15, 0.2) is 5.65 Å². The van der Waals surface area contributed by atoms with E-state index in [4.69, 9.17) is 0 Å². The van der Waals surface area contributed by atoms with E-state index < -0.39 is 0 Å². The first-order chi connectivity index (χ1) is 17.8. The Morgan fingerprint density at radius 3 is 1.83 bits per heavy atom. The van der Waals surface area contributed by atoms with Crippen molar-refractivity contribution in [2.24, 2.45) is 0 Å². The van der Waals surface area contributed by atoms with E-state index in [2.05, 4.69) is 63.4 Å². The molecule has 0 atom stereocenters. The van der Waals surface area contributed by atoms with Crippen LogP contribution in [0, 0.1) is 0 Å². The Kier molecular flexibility index (Phi) is 5.64. The highest BCUT2D eigenvalue weighted by molar-refractivity contribution is 5.77. The minimum absolute atomic E-state index is 0.147. The van der Waals surface area contributed by atoms with Gasteiger partial charge in [0.05, 0.1) is 11.9 Å². The van der Waals surface area contributed by atoms with Gasteiger partial charge in [-0.3, -0.25) is 9.38 Å². The molecular weight excluding hydrogens is 444 g/mol. The van der Waals surface area contributed by atoms with Gasteiger partial charge in [0, 0.05) is 35.2 Å². The molecule has 0 radical (unpaired) electrons. The van der Waals surface area contributed by atoms with E-state index >= 15 is 0 Å². The van der Waals surface area contributed by atoms with E-state index in [1.807, 2.05) is 72.9 Å². The highest BCUT2D eigenvalue weighted by Gasteiger charge is 2.15. The third kappa shape index (κ3) is 4.18. The lowest BCUT2D eigenvalue weighted by atomic mass is 10.1. The molecule has 0 saturated carbocycles. The van der Waals surface area contributed by atoms with Crippen molar-refractivity contribution in [1.82, 2.24) is 14.4 Å². The number of hydrogen-bond donors (Lipinski definition) is 1. The fourth-order valence-electron chi connectivity index (χ4n) is 4.43. The Balaban J connectivity index is 1.33. The van der Waals surface area contributed by atoms with Gasteiger partial charge in [0.25, 0.3) is 0 Å². The fraction of sp³-hybridized carbons (Fsp3) is 0.0323. The lowest BCUT2D eigenvalue weighted by Gasteiger charge is -2.25. The van der Waals surface area contributed by atoms with Crippen molar-refractivity contribution in [2.75, 3.05) is 4.90 Å². The number of nitrogens with zero attached hydrogens (tertiary/aromatic N) is 4. The molecule has 36 heavy (non-hydrogen) atoms. The van der Waals surface area contributed by atoms with Crippen molar-refractivity contribution in [3.8, 4) is 17.1 Å². The summed E-state index contributed by atoms with van der Waals surface area (Å²) in [4.78, 5) is 11.4. The monoisotopic (exact) mass is 468 g/mol. The maximum absolute atomic E-state index is 10.9. The Morgan fingerprint density at radius 2 is 1.22 bits per heavy atom. The van der Waals surface area contributed by atoms with E-state index in [1.165, 1.54) is 0 Å². The van der Waals surface area contributed by atoms with Gasteiger partial charge in [0.2, 0.25) is 5.88 Å². The quantitative estimate of drug-likeness (QED) is 0.282.